The zero-order chi connectivity index (χ0) is 22.8. The van der Waals surface area contributed by atoms with Gasteiger partial charge in [0.25, 0.3) is 0 Å². The molecule has 0 saturated carbocycles. The van der Waals surface area contributed by atoms with Gasteiger partial charge in [-0.3, -0.25) is 9.59 Å². The molecular formula is C21H44N2O6. The molecule has 0 radical (unpaired) electrons. The summed E-state index contributed by atoms with van der Waals surface area (Å²) in [5.74, 6) is -1.14. The van der Waals surface area contributed by atoms with Crippen LogP contribution in [0.5, 0.6) is 0 Å². The van der Waals surface area contributed by atoms with Gasteiger partial charge in [-0.2, -0.15) is 0 Å². The van der Waals surface area contributed by atoms with Crippen LogP contribution in [0.3, 0.4) is 0 Å². The number of hydrogen-bond donors (Lipinski definition) is 5. The molecular weight excluding hydrogens is 376 g/mol. The molecule has 174 valence electrons. The summed E-state index contributed by atoms with van der Waals surface area (Å²) in [6.45, 7) is 8.16. The Labute approximate surface area is 176 Å². The van der Waals surface area contributed by atoms with Crippen molar-refractivity contribution < 1.29 is 30.0 Å². The van der Waals surface area contributed by atoms with Gasteiger partial charge in [0.2, 0.25) is 5.91 Å². The van der Waals surface area contributed by atoms with Crippen molar-refractivity contribution in [1.82, 2.24) is 10.2 Å². The molecule has 0 aliphatic rings. The Balaban J connectivity index is 0. The van der Waals surface area contributed by atoms with Crippen LogP contribution >= 0.6 is 0 Å². The van der Waals surface area contributed by atoms with E-state index in [1.165, 1.54) is 77.5 Å². The number of carboxylic acids is 1. The van der Waals surface area contributed by atoms with E-state index in [0.29, 0.717) is 6.42 Å². The number of amides is 1. The maximum absolute atomic E-state index is 11.4. The van der Waals surface area contributed by atoms with Crippen molar-refractivity contribution in [3.8, 4) is 0 Å². The molecule has 5 N–H and O–H groups in total. The van der Waals surface area contributed by atoms with E-state index >= 15 is 0 Å². The van der Waals surface area contributed by atoms with Gasteiger partial charge >= 0.3 is 5.97 Å². The van der Waals surface area contributed by atoms with Gasteiger partial charge in [0, 0.05) is 6.42 Å². The van der Waals surface area contributed by atoms with Crippen molar-refractivity contribution in [3.63, 3.8) is 0 Å². The molecule has 0 bridgehead atoms. The van der Waals surface area contributed by atoms with Crippen LogP contribution in [0.15, 0.2) is 0 Å². The van der Waals surface area contributed by atoms with E-state index in [2.05, 4.69) is 12.2 Å². The standard InChI is InChI=1S/C15H29NO3.C6H15NO3/c1-3-4-5-6-7-8-9-10-11-12-14(17)16-13(2)15(18)19;1-4(8)7(5(2)9)6(3)10/h13H,3-12H2,1-2H3,(H,16,17)(H,18,19);4-6,8-10H,1-3H3/t13-;/m0./s1. The summed E-state index contributed by atoms with van der Waals surface area (Å²) in [6.07, 6.45) is 8.85. The molecule has 0 saturated heterocycles. The first-order chi connectivity index (χ1) is 13.5. The second-order valence-corrected chi connectivity index (χ2v) is 7.55. The molecule has 0 aliphatic heterocycles. The minimum Gasteiger partial charge on any atom is -0.480 e. The molecule has 4 atom stereocenters. The first kappa shape index (κ1) is 30.0. The highest BCUT2D eigenvalue weighted by atomic mass is 16.4. The average Bonchev–Trinajstić information content (AvgIpc) is 2.59. The van der Waals surface area contributed by atoms with Crippen molar-refractivity contribution in [2.24, 2.45) is 0 Å². The smallest absolute Gasteiger partial charge is 0.325 e. The lowest BCUT2D eigenvalue weighted by Gasteiger charge is -2.30. The van der Waals surface area contributed by atoms with Gasteiger partial charge in [0.1, 0.15) is 24.7 Å². The van der Waals surface area contributed by atoms with Crippen LogP contribution in [0, 0.1) is 0 Å². The molecule has 0 aromatic carbocycles. The highest BCUT2D eigenvalue weighted by Gasteiger charge is 2.20. The van der Waals surface area contributed by atoms with E-state index in [1.807, 2.05) is 0 Å². The topological polar surface area (TPSA) is 130 Å². The number of nitrogens with one attached hydrogen (secondary N) is 1. The van der Waals surface area contributed by atoms with Crippen molar-refractivity contribution in [2.75, 3.05) is 0 Å². The normalized spacial score (nSPS) is 15.1. The van der Waals surface area contributed by atoms with Crippen molar-refractivity contribution in [2.45, 2.75) is 124 Å². The fourth-order valence-electron chi connectivity index (χ4n) is 2.91. The Morgan fingerprint density at radius 3 is 1.45 bits per heavy atom. The quantitative estimate of drug-likeness (QED) is 0.203. The Hall–Kier alpha value is -1.22. The van der Waals surface area contributed by atoms with Crippen molar-refractivity contribution in [3.05, 3.63) is 0 Å². The van der Waals surface area contributed by atoms with Gasteiger partial charge < -0.3 is 25.7 Å². The Bertz CT molecular complexity index is 397. The van der Waals surface area contributed by atoms with Gasteiger partial charge in [-0.15, -0.1) is 0 Å². The number of aliphatic hydroxyl groups excluding tert-OH is 3. The number of carbonyl (C=O) groups is 2. The van der Waals surface area contributed by atoms with Crippen molar-refractivity contribution in [1.29, 1.82) is 0 Å². The molecule has 0 aliphatic carbocycles. The monoisotopic (exact) mass is 420 g/mol. The highest BCUT2D eigenvalue weighted by Crippen LogP contribution is 2.10. The molecule has 8 nitrogen and oxygen atoms in total. The number of rotatable bonds is 15. The zero-order valence-corrected chi connectivity index (χ0v) is 18.9. The minimum atomic E-state index is -0.986. The number of aliphatic carboxylic acids is 1. The summed E-state index contributed by atoms with van der Waals surface area (Å²) >= 11 is 0. The maximum atomic E-state index is 11.4. The maximum Gasteiger partial charge on any atom is 0.325 e. The van der Waals surface area contributed by atoms with Crippen LogP contribution in [0.25, 0.3) is 0 Å². The van der Waals surface area contributed by atoms with E-state index in [9.17, 15) is 9.59 Å². The van der Waals surface area contributed by atoms with Crippen LogP contribution in [0.4, 0.5) is 0 Å². The molecule has 0 spiro atoms. The summed E-state index contributed by atoms with van der Waals surface area (Å²) in [7, 11) is 0. The van der Waals surface area contributed by atoms with Gasteiger partial charge in [0.15, 0.2) is 0 Å². The molecule has 1 amide bonds. The van der Waals surface area contributed by atoms with Crippen LogP contribution in [-0.2, 0) is 9.59 Å². The molecule has 29 heavy (non-hydrogen) atoms. The van der Waals surface area contributed by atoms with E-state index in [-0.39, 0.29) is 5.91 Å². The fourth-order valence-corrected chi connectivity index (χ4v) is 2.91. The lowest BCUT2D eigenvalue weighted by molar-refractivity contribution is -0.159. The molecule has 8 heteroatoms. The summed E-state index contributed by atoms with van der Waals surface area (Å²) in [5.41, 5.74) is 0. The lowest BCUT2D eigenvalue weighted by atomic mass is 10.1. The number of hydrogen-bond acceptors (Lipinski definition) is 6. The summed E-state index contributed by atoms with van der Waals surface area (Å²) < 4.78 is 0. The van der Waals surface area contributed by atoms with Gasteiger partial charge in [-0.05, 0) is 34.1 Å². The van der Waals surface area contributed by atoms with Crippen LogP contribution in [0.2, 0.25) is 0 Å². The second kappa shape index (κ2) is 18.8. The van der Waals surface area contributed by atoms with E-state index < -0.39 is 30.7 Å². The fraction of sp³-hybridized carbons (Fsp3) is 0.905. The molecule has 0 aromatic rings. The van der Waals surface area contributed by atoms with Gasteiger partial charge in [-0.1, -0.05) is 58.3 Å². The van der Waals surface area contributed by atoms with E-state index in [1.54, 1.807) is 0 Å². The van der Waals surface area contributed by atoms with E-state index in [4.69, 9.17) is 20.4 Å². The first-order valence-corrected chi connectivity index (χ1v) is 10.9. The van der Waals surface area contributed by atoms with Gasteiger partial charge in [-0.25, -0.2) is 4.90 Å². The molecule has 0 rings (SSSR count). The number of carbonyl (C=O) groups excluding carboxylic acids is 1. The minimum absolute atomic E-state index is 0.155. The van der Waals surface area contributed by atoms with Crippen molar-refractivity contribution >= 4 is 11.9 Å². The number of unbranched alkanes of at least 4 members (excludes halogenated alkanes) is 8. The molecule has 3 unspecified atom stereocenters. The highest BCUT2D eigenvalue weighted by molar-refractivity contribution is 5.83. The molecule has 0 heterocycles. The molecule has 0 aromatic heterocycles. The average molecular weight is 421 g/mol. The van der Waals surface area contributed by atoms with Crippen LogP contribution in [-0.4, -0.2) is 61.9 Å². The first-order valence-electron chi connectivity index (χ1n) is 10.9. The SMILES string of the molecule is CC(O)N(C(C)O)C(C)O.CCCCCCCCCCCC(=O)N[C@@H](C)C(=O)O. The number of nitrogens with zero attached hydrogens (tertiary/aromatic N) is 1. The third-order valence-electron chi connectivity index (χ3n) is 4.55. The van der Waals surface area contributed by atoms with Gasteiger partial charge in [0.05, 0.1) is 0 Å². The predicted octanol–water partition coefficient (Wildman–Crippen LogP) is 2.80. The second-order valence-electron chi connectivity index (χ2n) is 7.55. The summed E-state index contributed by atoms with van der Waals surface area (Å²) in [4.78, 5) is 23.1. The van der Waals surface area contributed by atoms with Crippen LogP contribution < -0.4 is 5.32 Å². The third-order valence-corrected chi connectivity index (χ3v) is 4.55. The largest absolute Gasteiger partial charge is 0.480 e. The molecule has 0 fully saturated rings. The predicted molar refractivity (Wildman–Crippen MR) is 114 cm³/mol. The third kappa shape index (κ3) is 18.5. The lowest BCUT2D eigenvalue weighted by Crippen LogP contribution is -2.45. The summed E-state index contributed by atoms with van der Waals surface area (Å²) in [5, 5.41) is 38.0. The summed E-state index contributed by atoms with van der Waals surface area (Å²) in [6, 6.07) is -0.786. The zero-order valence-electron chi connectivity index (χ0n) is 18.9. The Kier molecular flexibility index (Phi) is 19.4. The van der Waals surface area contributed by atoms with Crippen LogP contribution in [0.1, 0.15) is 98.8 Å². The van der Waals surface area contributed by atoms with E-state index in [0.717, 1.165) is 12.8 Å². The Morgan fingerprint density at radius 2 is 1.14 bits per heavy atom. The number of aliphatic hydroxyl groups is 3. The number of carboxylic acid groups (broad SMARTS) is 1. The Morgan fingerprint density at radius 1 is 0.759 bits per heavy atom.